The van der Waals surface area contributed by atoms with Gasteiger partial charge in [-0.3, -0.25) is 0 Å². The fraction of sp³-hybridized carbons (Fsp3) is 0. The van der Waals surface area contributed by atoms with E-state index in [1.54, 1.807) is 0 Å². The number of nitrogens with one attached hydrogen (secondary N) is 1. The van der Waals surface area contributed by atoms with Gasteiger partial charge in [0, 0.05) is 22.2 Å². The van der Waals surface area contributed by atoms with Crippen LogP contribution in [0.3, 0.4) is 0 Å². The molecule has 0 radical (unpaired) electrons. The molecule has 0 spiro atoms. The standard InChI is InChI=1S/C24H17N/c1-3-9-17(10-4-1)21-16-22(20-13-6-2-5-12-19(20)21)24-15-18-11-7-8-14-23(18)25-24/h1-16,25H. The molecule has 118 valence electrons. The fourth-order valence-corrected chi connectivity index (χ4v) is 3.61. The van der Waals surface area contributed by atoms with E-state index in [-0.39, 0.29) is 0 Å². The van der Waals surface area contributed by atoms with Crippen LogP contribution < -0.4 is 0 Å². The van der Waals surface area contributed by atoms with Gasteiger partial charge in [0.2, 0.25) is 0 Å². The molecule has 5 rings (SSSR count). The molecular weight excluding hydrogens is 302 g/mol. The van der Waals surface area contributed by atoms with Crippen molar-refractivity contribution in [2.75, 3.05) is 0 Å². The van der Waals surface area contributed by atoms with E-state index in [1.807, 2.05) is 0 Å². The Labute approximate surface area is 146 Å². The third-order valence-electron chi connectivity index (χ3n) is 4.81. The molecule has 0 fully saturated rings. The molecule has 0 atom stereocenters. The van der Waals surface area contributed by atoms with Gasteiger partial charge in [-0.2, -0.15) is 0 Å². The average molecular weight is 319 g/mol. The number of aromatic amines is 1. The Kier molecular flexibility index (Phi) is 3.17. The summed E-state index contributed by atoms with van der Waals surface area (Å²) in [5.41, 5.74) is 8.68. The minimum Gasteiger partial charge on any atom is -0.355 e. The Balaban J connectivity index is 1.79. The molecule has 0 saturated heterocycles. The molecule has 0 saturated carbocycles. The van der Waals surface area contributed by atoms with E-state index in [0.717, 1.165) is 0 Å². The first-order valence-electron chi connectivity index (χ1n) is 8.55. The molecule has 1 heterocycles. The lowest BCUT2D eigenvalue weighted by Gasteiger charge is -2.02. The van der Waals surface area contributed by atoms with Gasteiger partial charge < -0.3 is 4.98 Å². The summed E-state index contributed by atoms with van der Waals surface area (Å²) >= 11 is 0. The Hall–Kier alpha value is -3.32. The van der Waals surface area contributed by atoms with Gasteiger partial charge in [0.05, 0.1) is 0 Å². The largest absolute Gasteiger partial charge is 0.355 e. The zero-order valence-electron chi connectivity index (χ0n) is 13.7. The van der Waals surface area contributed by atoms with Crippen molar-refractivity contribution in [3.05, 3.63) is 97.1 Å². The van der Waals surface area contributed by atoms with Crippen LogP contribution in [0, 0.1) is 0 Å². The quantitative estimate of drug-likeness (QED) is 0.377. The summed E-state index contributed by atoms with van der Waals surface area (Å²) in [4.78, 5) is 3.58. The molecule has 1 nitrogen and oxygen atoms in total. The fourth-order valence-electron chi connectivity index (χ4n) is 3.61. The monoisotopic (exact) mass is 319 g/mol. The maximum absolute atomic E-state index is 3.58. The topological polar surface area (TPSA) is 15.8 Å². The van der Waals surface area contributed by atoms with Crippen molar-refractivity contribution >= 4 is 10.9 Å². The van der Waals surface area contributed by atoms with Gasteiger partial charge in [0.15, 0.2) is 0 Å². The molecule has 2 aliphatic carbocycles. The van der Waals surface area contributed by atoms with E-state index in [9.17, 15) is 0 Å². The number of hydrogen-bond acceptors (Lipinski definition) is 0. The lowest BCUT2D eigenvalue weighted by molar-refractivity contribution is 1.47. The Morgan fingerprint density at radius 2 is 1.12 bits per heavy atom. The maximum Gasteiger partial charge on any atom is 0.0471 e. The van der Waals surface area contributed by atoms with Gasteiger partial charge in [-0.1, -0.05) is 78.9 Å². The third kappa shape index (κ3) is 2.33. The van der Waals surface area contributed by atoms with Crippen LogP contribution in [0.2, 0.25) is 0 Å². The highest BCUT2D eigenvalue weighted by Gasteiger charge is 2.18. The van der Waals surface area contributed by atoms with Gasteiger partial charge >= 0.3 is 0 Å². The molecule has 0 aliphatic heterocycles. The van der Waals surface area contributed by atoms with Crippen LogP contribution in [0.25, 0.3) is 44.4 Å². The molecule has 2 aromatic carbocycles. The summed E-state index contributed by atoms with van der Waals surface area (Å²) in [5, 5.41) is 1.24. The average Bonchev–Trinajstić information content (AvgIpc) is 3.16. The molecule has 2 aliphatic rings. The Morgan fingerprint density at radius 1 is 0.480 bits per heavy atom. The van der Waals surface area contributed by atoms with Gasteiger partial charge in [-0.25, -0.2) is 0 Å². The van der Waals surface area contributed by atoms with Crippen LogP contribution in [-0.2, 0) is 0 Å². The maximum atomic E-state index is 3.58. The van der Waals surface area contributed by atoms with Gasteiger partial charge in [-0.05, 0) is 40.5 Å². The van der Waals surface area contributed by atoms with Gasteiger partial charge in [0.25, 0.3) is 0 Å². The van der Waals surface area contributed by atoms with E-state index in [1.165, 1.54) is 44.4 Å². The minimum atomic E-state index is 1.17. The lowest BCUT2D eigenvalue weighted by atomic mass is 10.0. The van der Waals surface area contributed by atoms with Gasteiger partial charge in [-0.15, -0.1) is 0 Å². The number of benzene rings is 2. The molecule has 0 amide bonds. The molecule has 1 heteroatoms. The van der Waals surface area contributed by atoms with E-state index in [0.29, 0.717) is 0 Å². The molecule has 25 heavy (non-hydrogen) atoms. The van der Waals surface area contributed by atoms with E-state index >= 15 is 0 Å². The zero-order valence-corrected chi connectivity index (χ0v) is 13.7. The van der Waals surface area contributed by atoms with E-state index in [2.05, 4.69) is 102 Å². The van der Waals surface area contributed by atoms with Crippen molar-refractivity contribution in [2.24, 2.45) is 0 Å². The second-order valence-corrected chi connectivity index (χ2v) is 6.35. The molecule has 0 bridgehead atoms. The first-order valence-corrected chi connectivity index (χ1v) is 8.55. The van der Waals surface area contributed by atoms with Crippen molar-refractivity contribution in [1.29, 1.82) is 0 Å². The zero-order chi connectivity index (χ0) is 16.6. The molecule has 1 N–H and O–H groups in total. The number of para-hydroxylation sites is 1. The van der Waals surface area contributed by atoms with Crippen LogP contribution in [0.4, 0.5) is 0 Å². The van der Waals surface area contributed by atoms with Crippen LogP contribution in [-0.4, -0.2) is 4.98 Å². The van der Waals surface area contributed by atoms with Crippen molar-refractivity contribution < 1.29 is 0 Å². The second-order valence-electron chi connectivity index (χ2n) is 6.35. The van der Waals surface area contributed by atoms with Crippen LogP contribution in [0.5, 0.6) is 0 Å². The predicted molar refractivity (Wildman–Crippen MR) is 106 cm³/mol. The number of rotatable bonds is 2. The predicted octanol–water partition coefficient (Wildman–Crippen LogP) is 6.61. The number of fused-ring (bicyclic) bond motifs is 2. The number of H-pyrrole nitrogens is 1. The molecule has 1 aromatic heterocycles. The van der Waals surface area contributed by atoms with Crippen molar-refractivity contribution in [3.63, 3.8) is 0 Å². The van der Waals surface area contributed by atoms with Crippen LogP contribution in [0.15, 0.2) is 97.1 Å². The van der Waals surface area contributed by atoms with Crippen LogP contribution in [0.1, 0.15) is 0 Å². The highest BCUT2D eigenvalue weighted by Crippen LogP contribution is 2.43. The molecule has 0 unspecified atom stereocenters. The van der Waals surface area contributed by atoms with Gasteiger partial charge in [0.1, 0.15) is 0 Å². The SMILES string of the molecule is c1ccc(-c2cc(-c3cc4ccccc4[nH]3)c3cccccc2-3)cc1. The smallest absolute Gasteiger partial charge is 0.0471 e. The molecule has 3 aromatic rings. The Morgan fingerprint density at radius 3 is 1.88 bits per heavy atom. The summed E-state index contributed by atoms with van der Waals surface area (Å²) in [6.07, 6.45) is 0. The highest BCUT2D eigenvalue weighted by atomic mass is 14.7. The summed E-state index contributed by atoms with van der Waals surface area (Å²) in [6.45, 7) is 0. The Bertz CT molecular complexity index is 1100. The summed E-state index contributed by atoms with van der Waals surface area (Å²) in [5.74, 6) is 0. The minimum absolute atomic E-state index is 1.17. The normalized spacial score (nSPS) is 11.2. The third-order valence-corrected chi connectivity index (χ3v) is 4.81. The van der Waals surface area contributed by atoms with E-state index in [4.69, 9.17) is 0 Å². The second kappa shape index (κ2) is 5.64. The van der Waals surface area contributed by atoms with E-state index < -0.39 is 0 Å². The molecular formula is C24H17N. The van der Waals surface area contributed by atoms with Crippen molar-refractivity contribution in [3.8, 4) is 33.5 Å². The first-order chi connectivity index (χ1) is 12.4. The highest BCUT2D eigenvalue weighted by molar-refractivity contribution is 5.99. The van der Waals surface area contributed by atoms with Crippen LogP contribution >= 0.6 is 0 Å². The number of aromatic nitrogens is 1. The lowest BCUT2D eigenvalue weighted by Crippen LogP contribution is -1.76. The summed E-state index contributed by atoms with van der Waals surface area (Å²) in [6, 6.07) is 34.3. The summed E-state index contributed by atoms with van der Waals surface area (Å²) < 4.78 is 0. The van der Waals surface area contributed by atoms with Crippen molar-refractivity contribution in [2.45, 2.75) is 0 Å². The number of hydrogen-bond donors (Lipinski definition) is 1. The summed E-state index contributed by atoms with van der Waals surface area (Å²) in [7, 11) is 0. The van der Waals surface area contributed by atoms with Crippen molar-refractivity contribution in [1.82, 2.24) is 4.98 Å². The first kappa shape index (κ1) is 14.1.